The van der Waals surface area contributed by atoms with Gasteiger partial charge in [-0.25, -0.2) is 9.78 Å². The first kappa shape index (κ1) is 11.9. The Morgan fingerprint density at radius 2 is 2.11 bits per heavy atom. The number of thiazole rings is 1. The largest absolute Gasteiger partial charge is 0.477 e. The maximum Gasteiger partial charge on any atom is 0.347 e. The molecule has 5 heteroatoms. The van der Waals surface area contributed by atoms with Crippen molar-refractivity contribution in [2.75, 3.05) is 0 Å². The van der Waals surface area contributed by atoms with Crippen LogP contribution in [0.25, 0.3) is 4.96 Å². The summed E-state index contributed by atoms with van der Waals surface area (Å²) in [7, 11) is 0. The van der Waals surface area contributed by atoms with E-state index in [1.807, 2.05) is 28.8 Å². The number of carboxylic acids is 1. The highest BCUT2D eigenvalue weighted by atomic mass is 32.1. The Morgan fingerprint density at radius 3 is 2.74 bits per heavy atom. The lowest BCUT2D eigenvalue weighted by atomic mass is 10.1. The van der Waals surface area contributed by atoms with Crippen LogP contribution in [-0.2, 0) is 6.42 Å². The predicted octanol–water partition coefficient (Wildman–Crippen LogP) is 2.99. The minimum atomic E-state index is -0.891. The summed E-state index contributed by atoms with van der Waals surface area (Å²) in [6, 6.07) is 10.1. The van der Waals surface area contributed by atoms with Crippen LogP contribution in [0, 0.1) is 6.92 Å². The molecule has 0 spiro atoms. The van der Waals surface area contributed by atoms with E-state index in [1.54, 1.807) is 6.92 Å². The molecule has 0 saturated carbocycles. The number of nitrogens with zero attached hydrogens (tertiary/aromatic N) is 2. The maximum absolute atomic E-state index is 11.0. The van der Waals surface area contributed by atoms with Gasteiger partial charge >= 0.3 is 5.97 Å². The molecule has 0 aliphatic rings. The number of hydrogen-bond acceptors (Lipinski definition) is 3. The second kappa shape index (κ2) is 4.51. The molecule has 0 aliphatic carbocycles. The SMILES string of the molecule is Cc1c(C(=O)O)sc2nc(Cc3ccccc3)cn12. The van der Waals surface area contributed by atoms with Gasteiger partial charge in [0.1, 0.15) is 4.88 Å². The van der Waals surface area contributed by atoms with E-state index < -0.39 is 5.97 Å². The molecule has 1 aromatic carbocycles. The summed E-state index contributed by atoms with van der Waals surface area (Å²) in [5.74, 6) is -0.891. The number of carbonyl (C=O) groups is 1. The van der Waals surface area contributed by atoms with Gasteiger partial charge in [0, 0.05) is 18.3 Å². The van der Waals surface area contributed by atoms with Gasteiger partial charge < -0.3 is 5.11 Å². The first-order valence-corrected chi connectivity index (χ1v) is 6.71. The van der Waals surface area contributed by atoms with Gasteiger partial charge in [0.2, 0.25) is 0 Å². The monoisotopic (exact) mass is 272 g/mol. The van der Waals surface area contributed by atoms with Gasteiger partial charge in [-0.1, -0.05) is 41.7 Å². The Labute approximate surface area is 114 Å². The highest BCUT2D eigenvalue weighted by Crippen LogP contribution is 2.23. The van der Waals surface area contributed by atoms with E-state index in [9.17, 15) is 4.79 Å². The number of benzene rings is 1. The van der Waals surface area contributed by atoms with Crippen molar-refractivity contribution in [1.82, 2.24) is 9.38 Å². The lowest BCUT2D eigenvalue weighted by Crippen LogP contribution is -1.96. The van der Waals surface area contributed by atoms with E-state index in [2.05, 4.69) is 17.1 Å². The van der Waals surface area contributed by atoms with Gasteiger partial charge in [0.05, 0.1) is 5.69 Å². The lowest BCUT2D eigenvalue weighted by Gasteiger charge is -1.96. The van der Waals surface area contributed by atoms with Crippen LogP contribution in [0.15, 0.2) is 36.5 Å². The smallest absolute Gasteiger partial charge is 0.347 e. The molecule has 3 rings (SSSR count). The number of rotatable bonds is 3. The molecular formula is C14H12N2O2S. The zero-order valence-corrected chi connectivity index (χ0v) is 11.1. The van der Waals surface area contributed by atoms with E-state index in [1.165, 1.54) is 16.9 Å². The minimum Gasteiger partial charge on any atom is -0.477 e. The van der Waals surface area contributed by atoms with Crippen LogP contribution in [0.1, 0.15) is 26.6 Å². The van der Waals surface area contributed by atoms with Crippen LogP contribution in [-0.4, -0.2) is 20.5 Å². The quantitative estimate of drug-likeness (QED) is 0.797. The Kier molecular flexibility index (Phi) is 2.83. The number of aromatic carboxylic acids is 1. The first-order chi connectivity index (χ1) is 9.15. The van der Waals surface area contributed by atoms with Crippen LogP contribution >= 0.6 is 11.3 Å². The van der Waals surface area contributed by atoms with Crippen LogP contribution in [0.3, 0.4) is 0 Å². The fourth-order valence-corrected chi connectivity index (χ4v) is 3.05. The third kappa shape index (κ3) is 2.13. The second-order valence-corrected chi connectivity index (χ2v) is 5.35. The topological polar surface area (TPSA) is 54.6 Å². The molecule has 1 N–H and O–H groups in total. The molecule has 0 unspecified atom stereocenters. The van der Waals surface area contributed by atoms with Gasteiger partial charge in [-0.05, 0) is 12.5 Å². The number of imidazole rings is 1. The van der Waals surface area contributed by atoms with Crippen molar-refractivity contribution >= 4 is 22.3 Å². The Balaban J connectivity index is 1.97. The van der Waals surface area contributed by atoms with E-state index in [0.717, 1.165) is 22.8 Å². The molecule has 0 amide bonds. The molecule has 2 aromatic heterocycles. The van der Waals surface area contributed by atoms with Gasteiger partial charge in [-0.15, -0.1) is 0 Å². The maximum atomic E-state index is 11.0. The molecule has 0 atom stereocenters. The summed E-state index contributed by atoms with van der Waals surface area (Å²) in [5, 5.41) is 9.06. The standard InChI is InChI=1S/C14H12N2O2S/c1-9-12(13(17)18)19-14-15-11(8-16(9)14)7-10-5-3-2-4-6-10/h2-6,8H,7H2,1H3,(H,17,18). The Morgan fingerprint density at radius 1 is 1.37 bits per heavy atom. The van der Waals surface area contributed by atoms with Crippen molar-refractivity contribution in [3.05, 3.63) is 58.4 Å². The first-order valence-electron chi connectivity index (χ1n) is 5.90. The average Bonchev–Trinajstić information content (AvgIpc) is 2.90. The molecule has 2 heterocycles. The highest BCUT2D eigenvalue weighted by Gasteiger charge is 2.16. The molecular weight excluding hydrogens is 260 g/mol. The normalized spacial score (nSPS) is 11.0. The third-order valence-electron chi connectivity index (χ3n) is 3.03. The molecule has 19 heavy (non-hydrogen) atoms. The van der Waals surface area contributed by atoms with Gasteiger partial charge in [-0.3, -0.25) is 4.40 Å². The molecule has 0 saturated heterocycles. The summed E-state index contributed by atoms with van der Waals surface area (Å²) in [6.07, 6.45) is 2.68. The highest BCUT2D eigenvalue weighted by molar-refractivity contribution is 7.18. The molecule has 0 fully saturated rings. The number of aryl methyl sites for hydroxylation is 1. The van der Waals surface area contributed by atoms with Crippen molar-refractivity contribution in [2.45, 2.75) is 13.3 Å². The number of hydrogen-bond donors (Lipinski definition) is 1. The van der Waals surface area contributed by atoms with Crippen molar-refractivity contribution < 1.29 is 9.90 Å². The molecule has 0 bridgehead atoms. The van der Waals surface area contributed by atoms with Gasteiger partial charge in [0.25, 0.3) is 0 Å². The van der Waals surface area contributed by atoms with Crippen molar-refractivity contribution in [3.63, 3.8) is 0 Å². The third-order valence-corrected chi connectivity index (χ3v) is 4.17. The van der Waals surface area contributed by atoms with Crippen molar-refractivity contribution in [2.24, 2.45) is 0 Å². The fourth-order valence-electron chi connectivity index (χ4n) is 2.09. The Hall–Kier alpha value is -2.14. The van der Waals surface area contributed by atoms with E-state index in [0.29, 0.717) is 4.88 Å². The zero-order valence-electron chi connectivity index (χ0n) is 10.3. The van der Waals surface area contributed by atoms with Crippen LogP contribution in [0.4, 0.5) is 0 Å². The molecule has 4 nitrogen and oxygen atoms in total. The Bertz CT molecular complexity index is 743. The van der Waals surface area contributed by atoms with Crippen molar-refractivity contribution in [3.8, 4) is 0 Å². The number of carboxylic acid groups (broad SMARTS) is 1. The molecule has 3 aromatic rings. The fraction of sp³-hybridized carbons (Fsp3) is 0.143. The summed E-state index contributed by atoms with van der Waals surface area (Å²) < 4.78 is 1.85. The summed E-state index contributed by atoms with van der Waals surface area (Å²) in [4.78, 5) is 16.6. The van der Waals surface area contributed by atoms with Gasteiger partial charge in [0.15, 0.2) is 4.96 Å². The molecule has 0 radical (unpaired) electrons. The summed E-state index contributed by atoms with van der Waals surface area (Å²) in [5.41, 5.74) is 2.89. The summed E-state index contributed by atoms with van der Waals surface area (Å²) in [6.45, 7) is 1.81. The average molecular weight is 272 g/mol. The van der Waals surface area contributed by atoms with E-state index >= 15 is 0 Å². The second-order valence-electron chi connectivity index (χ2n) is 4.37. The zero-order chi connectivity index (χ0) is 13.4. The van der Waals surface area contributed by atoms with E-state index in [4.69, 9.17) is 5.11 Å². The van der Waals surface area contributed by atoms with Crippen LogP contribution in [0.5, 0.6) is 0 Å². The molecule has 0 aliphatic heterocycles. The lowest BCUT2D eigenvalue weighted by molar-refractivity contribution is 0.0701. The van der Waals surface area contributed by atoms with E-state index in [-0.39, 0.29) is 0 Å². The number of fused-ring (bicyclic) bond motifs is 1. The van der Waals surface area contributed by atoms with Gasteiger partial charge in [-0.2, -0.15) is 0 Å². The van der Waals surface area contributed by atoms with Crippen molar-refractivity contribution in [1.29, 1.82) is 0 Å². The minimum absolute atomic E-state index is 0.355. The summed E-state index contributed by atoms with van der Waals surface area (Å²) >= 11 is 1.22. The predicted molar refractivity (Wildman–Crippen MR) is 74.0 cm³/mol. The molecule has 96 valence electrons. The van der Waals surface area contributed by atoms with Crippen LogP contribution < -0.4 is 0 Å². The van der Waals surface area contributed by atoms with Crippen LogP contribution in [0.2, 0.25) is 0 Å². The number of aromatic nitrogens is 2.